The molecule has 6 heteroatoms. The van der Waals surface area contributed by atoms with Crippen LogP contribution in [0, 0.1) is 5.92 Å². The second-order valence-electron chi connectivity index (χ2n) is 6.76. The minimum Gasteiger partial charge on any atom is -0.438 e. The zero-order valence-corrected chi connectivity index (χ0v) is 16.0. The zero-order valence-electron chi connectivity index (χ0n) is 16.0. The van der Waals surface area contributed by atoms with E-state index in [9.17, 15) is 9.59 Å². The molecule has 0 heterocycles. The number of methoxy groups -OCH3 is 1. The lowest BCUT2D eigenvalue weighted by Gasteiger charge is -2.29. The summed E-state index contributed by atoms with van der Waals surface area (Å²) in [4.78, 5) is 23.3. The summed E-state index contributed by atoms with van der Waals surface area (Å²) >= 11 is 0. The summed E-state index contributed by atoms with van der Waals surface area (Å²) in [7, 11) is 1.27. The number of ether oxygens (including phenoxy) is 4. The molecule has 1 fully saturated rings. The van der Waals surface area contributed by atoms with Crippen LogP contribution in [0.25, 0.3) is 0 Å². The van der Waals surface area contributed by atoms with E-state index in [2.05, 4.69) is 18.6 Å². The zero-order chi connectivity index (χ0) is 18.5. The van der Waals surface area contributed by atoms with Crippen molar-refractivity contribution >= 4 is 12.3 Å². The Labute approximate surface area is 151 Å². The van der Waals surface area contributed by atoms with Gasteiger partial charge in [0.2, 0.25) is 0 Å². The predicted octanol–water partition coefficient (Wildman–Crippen LogP) is 5.23. The van der Waals surface area contributed by atoms with Crippen molar-refractivity contribution in [2.24, 2.45) is 5.92 Å². The number of carbonyl (C=O) groups excluding carboxylic acids is 2. The van der Waals surface area contributed by atoms with Gasteiger partial charge in [0.1, 0.15) is 12.2 Å². The Hall–Kier alpha value is -1.46. The van der Waals surface area contributed by atoms with E-state index < -0.39 is 24.5 Å². The van der Waals surface area contributed by atoms with E-state index >= 15 is 0 Å². The van der Waals surface area contributed by atoms with Crippen LogP contribution in [0.2, 0.25) is 0 Å². The lowest BCUT2D eigenvalue weighted by molar-refractivity contribution is -0.0700. The molecule has 0 bridgehead atoms. The third-order valence-corrected chi connectivity index (χ3v) is 4.65. The highest BCUT2D eigenvalue weighted by Crippen LogP contribution is 2.25. The molecular weight excluding hydrogens is 324 g/mol. The molecule has 0 aromatic rings. The van der Waals surface area contributed by atoms with Gasteiger partial charge >= 0.3 is 12.3 Å². The molecule has 1 rings (SSSR count). The first-order valence-electron chi connectivity index (χ1n) is 9.68. The van der Waals surface area contributed by atoms with Crippen LogP contribution >= 0.6 is 0 Å². The summed E-state index contributed by atoms with van der Waals surface area (Å²) in [6, 6.07) is 0. The van der Waals surface area contributed by atoms with E-state index in [1.165, 1.54) is 20.0 Å². The summed E-state index contributed by atoms with van der Waals surface area (Å²) in [5, 5.41) is 0. The van der Waals surface area contributed by atoms with Crippen LogP contribution in [-0.4, -0.2) is 38.2 Å². The molecule has 0 amide bonds. The molecule has 25 heavy (non-hydrogen) atoms. The summed E-state index contributed by atoms with van der Waals surface area (Å²) in [6.07, 6.45) is 7.66. The first-order valence-corrected chi connectivity index (χ1v) is 9.68. The maximum atomic E-state index is 12.0. The standard InChI is InChI=1S/C19H34O6/c1-4-6-7-11-15(10-5-2)14-23-19(21)25-17-13-9-8-12-16(17)24-18(20)22-3/h15-17H,4-14H2,1-3H3. The van der Waals surface area contributed by atoms with Crippen molar-refractivity contribution < 1.29 is 28.5 Å². The number of carbonyl (C=O) groups is 2. The lowest BCUT2D eigenvalue weighted by atomic mass is 9.94. The first-order chi connectivity index (χ1) is 12.1. The van der Waals surface area contributed by atoms with Crippen molar-refractivity contribution in [1.82, 2.24) is 0 Å². The van der Waals surface area contributed by atoms with Gasteiger partial charge in [-0.2, -0.15) is 0 Å². The van der Waals surface area contributed by atoms with Gasteiger partial charge in [-0.05, 0) is 44.4 Å². The summed E-state index contributed by atoms with van der Waals surface area (Å²) in [5.41, 5.74) is 0. The van der Waals surface area contributed by atoms with E-state index in [1.807, 2.05) is 0 Å². The number of rotatable bonds is 10. The van der Waals surface area contributed by atoms with Gasteiger partial charge < -0.3 is 18.9 Å². The molecule has 1 aliphatic carbocycles. The monoisotopic (exact) mass is 358 g/mol. The third-order valence-electron chi connectivity index (χ3n) is 4.65. The second-order valence-corrected chi connectivity index (χ2v) is 6.76. The Bertz CT molecular complexity index is 384. The number of unbranched alkanes of at least 4 members (excludes halogenated alkanes) is 2. The van der Waals surface area contributed by atoms with Crippen LogP contribution in [0.3, 0.4) is 0 Å². The number of hydrogen-bond donors (Lipinski definition) is 0. The molecule has 3 atom stereocenters. The molecule has 0 radical (unpaired) electrons. The molecule has 0 aromatic carbocycles. The van der Waals surface area contributed by atoms with E-state index in [4.69, 9.17) is 14.2 Å². The van der Waals surface area contributed by atoms with Gasteiger partial charge in [0.15, 0.2) is 0 Å². The first kappa shape index (κ1) is 21.6. The highest BCUT2D eigenvalue weighted by Gasteiger charge is 2.32. The average Bonchev–Trinajstić information content (AvgIpc) is 2.61. The summed E-state index contributed by atoms with van der Waals surface area (Å²) < 4.78 is 20.5. The van der Waals surface area contributed by atoms with Crippen molar-refractivity contribution in [3.63, 3.8) is 0 Å². The van der Waals surface area contributed by atoms with Gasteiger partial charge in [0, 0.05) is 0 Å². The van der Waals surface area contributed by atoms with E-state index in [0.717, 1.165) is 38.5 Å². The van der Waals surface area contributed by atoms with Crippen molar-refractivity contribution in [2.75, 3.05) is 13.7 Å². The maximum absolute atomic E-state index is 12.0. The molecule has 146 valence electrons. The van der Waals surface area contributed by atoms with E-state index in [-0.39, 0.29) is 0 Å². The molecule has 0 aliphatic heterocycles. The largest absolute Gasteiger partial charge is 0.508 e. The Morgan fingerprint density at radius 1 is 0.920 bits per heavy atom. The molecule has 1 saturated carbocycles. The molecule has 0 saturated heterocycles. The quantitative estimate of drug-likeness (QED) is 0.393. The van der Waals surface area contributed by atoms with Crippen LogP contribution in [0.5, 0.6) is 0 Å². The Morgan fingerprint density at radius 2 is 1.56 bits per heavy atom. The predicted molar refractivity (Wildman–Crippen MR) is 94.5 cm³/mol. The summed E-state index contributed by atoms with van der Waals surface area (Å²) in [6.45, 7) is 4.72. The van der Waals surface area contributed by atoms with E-state index in [1.54, 1.807) is 0 Å². The fourth-order valence-corrected chi connectivity index (χ4v) is 3.25. The molecule has 3 unspecified atom stereocenters. The molecular formula is C19H34O6. The van der Waals surface area contributed by atoms with Gasteiger partial charge in [-0.25, -0.2) is 9.59 Å². The van der Waals surface area contributed by atoms with Crippen LogP contribution in [0.1, 0.15) is 78.1 Å². The molecule has 0 N–H and O–H groups in total. The molecule has 0 aromatic heterocycles. The van der Waals surface area contributed by atoms with Gasteiger partial charge in [0.25, 0.3) is 0 Å². The van der Waals surface area contributed by atoms with Crippen molar-refractivity contribution in [3.05, 3.63) is 0 Å². The fraction of sp³-hybridized carbons (Fsp3) is 0.895. The topological polar surface area (TPSA) is 71.1 Å². The van der Waals surface area contributed by atoms with Gasteiger partial charge in [0.05, 0.1) is 13.7 Å². The highest BCUT2D eigenvalue weighted by atomic mass is 16.8. The number of hydrogen-bond acceptors (Lipinski definition) is 6. The third kappa shape index (κ3) is 8.98. The van der Waals surface area contributed by atoms with Gasteiger partial charge in [-0.1, -0.05) is 39.5 Å². The molecule has 0 spiro atoms. The van der Waals surface area contributed by atoms with Crippen molar-refractivity contribution in [2.45, 2.75) is 90.3 Å². The Kier molecular flexibility index (Phi) is 11.1. The van der Waals surface area contributed by atoms with E-state index in [0.29, 0.717) is 25.4 Å². The van der Waals surface area contributed by atoms with Crippen LogP contribution in [0.15, 0.2) is 0 Å². The van der Waals surface area contributed by atoms with Crippen molar-refractivity contribution in [3.8, 4) is 0 Å². The van der Waals surface area contributed by atoms with Crippen LogP contribution in [0.4, 0.5) is 9.59 Å². The van der Waals surface area contributed by atoms with Gasteiger partial charge in [-0.15, -0.1) is 0 Å². The molecule has 6 nitrogen and oxygen atoms in total. The highest BCUT2D eigenvalue weighted by molar-refractivity contribution is 5.61. The van der Waals surface area contributed by atoms with Crippen molar-refractivity contribution in [1.29, 1.82) is 0 Å². The van der Waals surface area contributed by atoms with Crippen LogP contribution < -0.4 is 0 Å². The maximum Gasteiger partial charge on any atom is 0.508 e. The van der Waals surface area contributed by atoms with Crippen LogP contribution in [-0.2, 0) is 18.9 Å². The SMILES string of the molecule is CCCCCC(CCC)COC(=O)OC1CCCCC1OC(=O)OC. The fourth-order valence-electron chi connectivity index (χ4n) is 3.25. The smallest absolute Gasteiger partial charge is 0.438 e. The average molecular weight is 358 g/mol. The minimum atomic E-state index is -0.743. The normalized spacial score (nSPS) is 21.2. The van der Waals surface area contributed by atoms with Gasteiger partial charge in [-0.3, -0.25) is 0 Å². The lowest BCUT2D eigenvalue weighted by Crippen LogP contribution is -2.38. The minimum absolute atomic E-state index is 0.387. The second kappa shape index (κ2) is 12.8. The molecule has 1 aliphatic rings. The Morgan fingerprint density at radius 3 is 2.12 bits per heavy atom. The Balaban J connectivity index is 2.40. The summed E-state index contributed by atoms with van der Waals surface area (Å²) in [5.74, 6) is 0.387.